The molecule has 1 fully saturated rings. The van der Waals surface area contributed by atoms with E-state index in [1.807, 2.05) is 0 Å². The van der Waals surface area contributed by atoms with Crippen LogP contribution in [-0.4, -0.2) is 44.1 Å². The Hall–Kier alpha value is -4.14. The highest BCUT2D eigenvalue weighted by molar-refractivity contribution is 6.05. The maximum Gasteiger partial charge on any atom is 0.324 e. The third-order valence-corrected chi connectivity index (χ3v) is 5.73. The molecule has 3 aromatic carbocycles. The molecular formula is C26H25F2N3O4. The number of ether oxygens (including phenoxy) is 2. The molecule has 182 valence electrons. The number of carbonyl (C=O) groups is 2. The Balaban J connectivity index is 1.45. The van der Waals surface area contributed by atoms with Gasteiger partial charge in [0.2, 0.25) is 0 Å². The summed E-state index contributed by atoms with van der Waals surface area (Å²) in [6.07, 6.45) is 0.679. The van der Waals surface area contributed by atoms with Crippen LogP contribution in [-0.2, 0) is 6.54 Å². The van der Waals surface area contributed by atoms with Gasteiger partial charge >= 0.3 is 6.03 Å². The van der Waals surface area contributed by atoms with Crippen molar-refractivity contribution in [2.75, 3.05) is 37.5 Å². The number of nitrogens with zero attached hydrogens (tertiary/aromatic N) is 2. The fourth-order valence-electron chi connectivity index (χ4n) is 3.90. The lowest BCUT2D eigenvalue weighted by Gasteiger charge is -2.35. The first-order valence-electron chi connectivity index (χ1n) is 11.0. The lowest BCUT2D eigenvalue weighted by atomic mass is 10.1. The van der Waals surface area contributed by atoms with Gasteiger partial charge in [-0.2, -0.15) is 0 Å². The van der Waals surface area contributed by atoms with Crippen molar-refractivity contribution in [1.82, 2.24) is 4.90 Å². The zero-order chi connectivity index (χ0) is 24.9. The molecule has 4 rings (SSSR count). The second-order valence-electron chi connectivity index (χ2n) is 8.05. The molecular weight excluding hydrogens is 456 g/mol. The number of halogens is 2. The molecule has 0 spiro atoms. The molecule has 3 amide bonds. The topological polar surface area (TPSA) is 71.1 Å². The molecule has 1 aliphatic heterocycles. The summed E-state index contributed by atoms with van der Waals surface area (Å²) in [5.74, 6) is -0.447. The number of anilines is 2. The summed E-state index contributed by atoms with van der Waals surface area (Å²) in [7, 11) is 3.01. The normalized spacial score (nSPS) is 13.5. The van der Waals surface area contributed by atoms with Crippen LogP contribution in [0.5, 0.6) is 11.5 Å². The highest BCUT2D eigenvalue weighted by Crippen LogP contribution is 2.26. The molecule has 0 bridgehead atoms. The third-order valence-electron chi connectivity index (χ3n) is 5.73. The van der Waals surface area contributed by atoms with Gasteiger partial charge in [0.25, 0.3) is 5.91 Å². The lowest BCUT2D eigenvalue weighted by molar-refractivity contribution is 0.102. The second kappa shape index (κ2) is 10.4. The first kappa shape index (κ1) is 24.0. The molecule has 0 atom stereocenters. The second-order valence-corrected chi connectivity index (χ2v) is 8.05. The highest BCUT2D eigenvalue weighted by Gasteiger charge is 2.27. The van der Waals surface area contributed by atoms with E-state index in [1.54, 1.807) is 47.4 Å². The predicted molar refractivity (Wildman–Crippen MR) is 128 cm³/mol. The minimum absolute atomic E-state index is 0.0168. The van der Waals surface area contributed by atoms with Gasteiger partial charge in [-0.1, -0.05) is 0 Å². The number of benzene rings is 3. The zero-order valence-electron chi connectivity index (χ0n) is 19.4. The van der Waals surface area contributed by atoms with Crippen LogP contribution in [0.25, 0.3) is 0 Å². The van der Waals surface area contributed by atoms with Crippen LogP contribution in [0.2, 0.25) is 0 Å². The Labute approximate surface area is 201 Å². The SMILES string of the molecule is COc1cc(OC)cc(C(=O)Nc2ccc(N3CCCN(Cc4cc(F)ccc4F)C3=O)cc2)c1. The Morgan fingerprint density at radius 1 is 0.943 bits per heavy atom. The standard InChI is InChI=1S/C26H25F2N3O4/c1-34-22-13-17(14-23(15-22)35-2)25(32)29-20-5-7-21(8-6-20)31-11-3-10-30(26(31)33)16-18-12-19(27)4-9-24(18)28/h4-9,12-15H,3,10-11,16H2,1-2H3,(H,29,32). The summed E-state index contributed by atoms with van der Waals surface area (Å²) in [6.45, 7) is 0.927. The van der Waals surface area contributed by atoms with Crippen LogP contribution < -0.4 is 19.7 Å². The van der Waals surface area contributed by atoms with Crippen molar-refractivity contribution >= 4 is 23.3 Å². The molecule has 0 radical (unpaired) electrons. The highest BCUT2D eigenvalue weighted by atomic mass is 19.1. The van der Waals surface area contributed by atoms with Crippen molar-refractivity contribution in [2.24, 2.45) is 0 Å². The molecule has 0 saturated carbocycles. The molecule has 0 aromatic heterocycles. The number of rotatable bonds is 7. The monoisotopic (exact) mass is 481 g/mol. The van der Waals surface area contributed by atoms with Gasteiger partial charge in [-0.05, 0) is 61.0 Å². The van der Waals surface area contributed by atoms with Crippen molar-refractivity contribution in [3.05, 3.63) is 83.4 Å². The fourth-order valence-corrected chi connectivity index (χ4v) is 3.90. The Morgan fingerprint density at radius 2 is 1.63 bits per heavy atom. The van der Waals surface area contributed by atoms with Crippen LogP contribution >= 0.6 is 0 Å². The minimum Gasteiger partial charge on any atom is -0.497 e. The first-order chi connectivity index (χ1) is 16.9. The van der Waals surface area contributed by atoms with E-state index in [4.69, 9.17) is 9.47 Å². The molecule has 9 heteroatoms. The van der Waals surface area contributed by atoms with Crippen LogP contribution in [0.4, 0.5) is 25.0 Å². The van der Waals surface area contributed by atoms with E-state index in [0.29, 0.717) is 47.9 Å². The molecule has 7 nitrogen and oxygen atoms in total. The molecule has 1 N–H and O–H groups in total. The van der Waals surface area contributed by atoms with Crippen molar-refractivity contribution in [2.45, 2.75) is 13.0 Å². The van der Waals surface area contributed by atoms with E-state index in [1.165, 1.54) is 19.1 Å². The van der Waals surface area contributed by atoms with Gasteiger partial charge in [0.15, 0.2) is 0 Å². The van der Waals surface area contributed by atoms with Crippen molar-refractivity contribution < 1.29 is 27.8 Å². The van der Waals surface area contributed by atoms with Gasteiger partial charge in [0.05, 0.1) is 20.8 Å². The molecule has 0 aliphatic carbocycles. The number of amides is 3. The Kier molecular flexibility index (Phi) is 7.14. The quantitative estimate of drug-likeness (QED) is 0.512. The summed E-state index contributed by atoms with van der Waals surface area (Å²) in [4.78, 5) is 28.8. The predicted octanol–water partition coefficient (Wildman–Crippen LogP) is 5.07. The number of hydrogen-bond donors (Lipinski definition) is 1. The van der Waals surface area contributed by atoms with Gasteiger partial charge in [-0.15, -0.1) is 0 Å². The maximum absolute atomic E-state index is 14.1. The minimum atomic E-state index is -0.551. The van der Waals surface area contributed by atoms with Crippen LogP contribution in [0.3, 0.4) is 0 Å². The first-order valence-corrected chi connectivity index (χ1v) is 11.0. The van der Waals surface area contributed by atoms with E-state index in [0.717, 1.165) is 18.2 Å². The number of nitrogens with one attached hydrogen (secondary N) is 1. The lowest BCUT2D eigenvalue weighted by Crippen LogP contribution is -2.49. The number of methoxy groups -OCH3 is 2. The van der Waals surface area contributed by atoms with Crippen LogP contribution in [0, 0.1) is 11.6 Å². The molecule has 3 aromatic rings. The van der Waals surface area contributed by atoms with E-state index >= 15 is 0 Å². The van der Waals surface area contributed by atoms with E-state index in [2.05, 4.69) is 5.32 Å². The maximum atomic E-state index is 14.1. The van der Waals surface area contributed by atoms with E-state index in [9.17, 15) is 18.4 Å². The summed E-state index contributed by atoms with van der Waals surface area (Å²) in [5.41, 5.74) is 1.69. The van der Waals surface area contributed by atoms with Gasteiger partial charge < -0.3 is 19.7 Å². The third kappa shape index (κ3) is 5.51. The molecule has 1 heterocycles. The number of hydrogen-bond acceptors (Lipinski definition) is 4. The average Bonchev–Trinajstić information content (AvgIpc) is 2.87. The Bertz CT molecular complexity index is 1210. The van der Waals surface area contributed by atoms with Gasteiger partial charge in [-0.25, -0.2) is 13.6 Å². The van der Waals surface area contributed by atoms with Crippen molar-refractivity contribution in [1.29, 1.82) is 0 Å². The summed E-state index contributed by atoms with van der Waals surface area (Å²) in [5, 5.41) is 2.81. The summed E-state index contributed by atoms with van der Waals surface area (Å²) >= 11 is 0. The van der Waals surface area contributed by atoms with Crippen molar-refractivity contribution in [3.8, 4) is 11.5 Å². The fraction of sp³-hybridized carbons (Fsp3) is 0.231. The molecule has 0 unspecified atom stereocenters. The van der Waals surface area contributed by atoms with Gasteiger partial charge in [-0.3, -0.25) is 9.69 Å². The van der Waals surface area contributed by atoms with Crippen LogP contribution in [0.15, 0.2) is 60.7 Å². The summed E-state index contributed by atoms with van der Waals surface area (Å²) in [6, 6.07) is 14.7. The number of carbonyl (C=O) groups excluding carboxylic acids is 2. The smallest absolute Gasteiger partial charge is 0.324 e. The molecule has 35 heavy (non-hydrogen) atoms. The molecule has 1 aliphatic rings. The van der Waals surface area contributed by atoms with Crippen molar-refractivity contribution in [3.63, 3.8) is 0 Å². The van der Waals surface area contributed by atoms with Gasteiger partial charge in [0, 0.05) is 41.7 Å². The van der Waals surface area contributed by atoms with Crippen LogP contribution in [0.1, 0.15) is 22.3 Å². The number of urea groups is 1. The Morgan fingerprint density at radius 3 is 2.29 bits per heavy atom. The van der Waals surface area contributed by atoms with E-state index < -0.39 is 11.6 Å². The largest absolute Gasteiger partial charge is 0.497 e. The zero-order valence-corrected chi connectivity index (χ0v) is 19.4. The molecule has 1 saturated heterocycles. The average molecular weight is 481 g/mol. The van der Waals surface area contributed by atoms with Gasteiger partial charge in [0.1, 0.15) is 23.1 Å². The summed E-state index contributed by atoms with van der Waals surface area (Å²) < 4.78 is 38.0. The van der Waals surface area contributed by atoms with E-state index in [-0.39, 0.29) is 24.0 Å².